The van der Waals surface area contributed by atoms with Crippen LogP contribution in [0.1, 0.15) is 25.7 Å². The fraction of sp³-hybridized carbons (Fsp3) is 0.875. The first kappa shape index (κ1) is 9.99. The van der Waals surface area contributed by atoms with Gasteiger partial charge < -0.3 is 0 Å². The molecule has 3 nitrogen and oxygen atoms in total. The Morgan fingerprint density at radius 2 is 1.83 bits per heavy atom. The lowest BCUT2D eigenvalue weighted by Gasteiger charge is -2.28. The highest BCUT2D eigenvalue weighted by molar-refractivity contribution is 7.88. The molecule has 0 aromatic heterocycles. The van der Waals surface area contributed by atoms with Gasteiger partial charge in [-0.3, -0.25) is 0 Å². The van der Waals surface area contributed by atoms with E-state index >= 15 is 0 Å². The van der Waals surface area contributed by atoms with Crippen LogP contribution in [-0.2, 0) is 10.0 Å². The first-order valence-electron chi connectivity index (χ1n) is 4.26. The fourth-order valence-electron chi connectivity index (χ4n) is 1.54. The van der Waals surface area contributed by atoms with Gasteiger partial charge >= 0.3 is 0 Å². The molecule has 0 saturated heterocycles. The number of rotatable bonds is 2. The summed E-state index contributed by atoms with van der Waals surface area (Å²) in [5.74, 6) is 0. The minimum atomic E-state index is -2.98. The Balaban J connectivity index is 2.57. The molecule has 4 heteroatoms. The summed E-state index contributed by atoms with van der Waals surface area (Å²) < 4.78 is 23.8. The van der Waals surface area contributed by atoms with E-state index in [0.29, 0.717) is 0 Å². The maximum absolute atomic E-state index is 11.1. The molecule has 12 heavy (non-hydrogen) atoms. The van der Waals surface area contributed by atoms with Crippen LogP contribution in [0.4, 0.5) is 0 Å². The summed E-state index contributed by atoms with van der Waals surface area (Å²) in [6.45, 7) is 0. The Labute approximate surface area is 74.8 Å². The van der Waals surface area contributed by atoms with Crippen molar-refractivity contribution >= 4 is 10.0 Å². The molecule has 0 N–H and O–H groups in total. The van der Waals surface area contributed by atoms with E-state index in [9.17, 15) is 8.42 Å². The Hall–Kier alpha value is -0.0900. The van der Waals surface area contributed by atoms with E-state index in [1.54, 1.807) is 7.05 Å². The van der Waals surface area contributed by atoms with Crippen molar-refractivity contribution in [1.29, 1.82) is 0 Å². The van der Waals surface area contributed by atoms with Crippen molar-refractivity contribution < 1.29 is 8.42 Å². The van der Waals surface area contributed by atoms with Gasteiger partial charge in [0.2, 0.25) is 10.0 Å². The summed E-state index contributed by atoms with van der Waals surface area (Å²) in [4.78, 5) is 0. The zero-order valence-electron chi connectivity index (χ0n) is 7.66. The monoisotopic (exact) mass is 190 g/mol. The predicted molar refractivity (Wildman–Crippen MR) is 49.2 cm³/mol. The lowest BCUT2D eigenvalue weighted by Crippen LogP contribution is -2.37. The van der Waals surface area contributed by atoms with Crippen molar-refractivity contribution in [3.63, 3.8) is 0 Å². The summed E-state index contributed by atoms with van der Waals surface area (Å²) in [6, 6.07) is 0.227. The highest BCUT2D eigenvalue weighted by Crippen LogP contribution is 2.22. The highest BCUT2D eigenvalue weighted by atomic mass is 32.2. The van der Waals surface area contributed by atoms with Crippen LogP contribution in [0.2, 0.25) is 0 Å². The van der Waals surface area contributed by atoms with Crippen LogP contribution in [0.5, 0.6) is 0 Å². The van der Waals surface area contributed by atoms with Crippen molar-refractivity contribution in [2.75, 3.05) is 13.3 Å². The normalized spacial score (nSPS) is 21.6. The number of hydrogen-bond acceptors (Lipinski definition) is 2. The van der Waals surface area contributed by atoms with Gasteiger partial charge in [0.25, 0.3) is 0 Å². The van der Waals surface area contributed by atoms with Crippen molar-refractivity contribution in [2.24, 2.45) is 0 Å². The van der Waals surface area contributed by atoms with Crippen LogP contribution in [0, 0.1) is 6.42 Å². The molecule has 0 aromatic carbocycles. The zero-order valence-corrected chi connectivity index (χ0v) is 8.47. The third-order valence-corrected chi connectivity index (χ3v) is 3.79. The standard InChI is InChI=1S/C8H16NO2S/c1-9(12(2,10)11)8-6-4-3-5-7-8/h3,8H,4-7H2,1-2H3. The van der Waals surface area contributed by atoms with Crippen LogP contribution in [0.15, 0.2) is 0 Å². The summed E-state index contributed by atoms with van der Waals surface area (Å²) in [6.07, 6.45) is 7.54. The Bertz CT molecular complexity index is 229. The molecule has 1 fully saturated rings. The van der Waals surface area contributed by atoms with E-state index in [1.165, 1.54) is 10.6 Å². The Kier molecular flexibility index (Phi) is 3.12. The molecule has 0 aromatic rings. The molecule has 0 bridgehead atoms. The molecule has 0 aliphatic heterocycles. The second-order valence-corrected chi connectivity index (χ2v) is 5.42. The Morgan fingerprint density at radius 1 is 1.33 bits per heavy atom. The molecule has 1 aliphatic carbocycles. The molecule has 0 heterocycles. The lowest BCUT2D eigenvalue weighted by molar-refractivity contribution is 0.312. The largest absolute Gasteiger partial charge is 0.213 e. The lowest BCUT2D eigenvalue weighted by atomic mass is 9.96. The number of nitrogens with zero attached hydrogens (tertiary/aromatic N) is 1. The van der Waals surface area contributed by atoms with Crippen LogP contribution < -0.4 is 0 Å². The molecule has 71 valence electrons. The molecular weight excluding hydrogens is 174 g/mol. The van der Waals surface area contributed by atoms with Crippen LogP contribution in [0.25, 0.3) is 0 Å². The molecule has 0 amide bonds. The molecule has 1 saturated carbocycles. The van der Waals surface area contributed by atoms with Gasteiger partial charge in [0, 0.05) is 13.1 Å². The Morgan fingerprint density at radius 3 is 2.25 bits per heavy atom. The van der Waals surface area contributed by atoms with Crippen LogP contribution in [-0.4, -0.2) is 32.1 Å². The number of hydrogen-bond donors (Lipinski definition) is 0. The van der Waals surface area contributed by atoms with Gasteiger partial charge in [-0.1, -0.05) is 0 Å². The second-order valence-electron chi connectivity index (χ2n) is 3.38. The zero-order chi connectivity index (χ0) is 9.19. The minimum Gasteiger partial charge on any atom is -0.213 e. The molecule has 1 radical (unpaired) electrons. The van der Waals surface area contributed by atoms with E-state index < -0.39 is 10.0 Å². The number of sulfonamides is 1. The topological polar surface area (TPSA) is 37.4 Å². The van der Waals surface area contributed by atoms with E-state index in [4.69, 9.17) is 0 Å². The summed E-state index contributed by atoms with van der Waals surface area (Å²) in [5.41, 5.74) is 0. The van der Waals surface area contributed by atoms with Gasteiger partial charge in [0.05, 0.1) is 6.26 Å². The molecule has 0 atom stereocenters. The first-order valence-corrected chi connectivity index (χ1v) is 6.11. The average molecular weight is 190 g/mol. The van der Waals surface area contributed by atoms with Crippen molar-refractivity contribution in [3.05, 3.63) is 6.42 Å². The smallest absolute Gasteiger partial charge is 0.211 e. The third kappa shape index (κ3) is 2.45. The van der Waals surface area contributed by atoms with Gasteiger partial charge in [0.15, 0.2) is 0 Å². The van der Waals surface area contributed by atoms with E-state index in [2.05, 4.69) is 6.42 Å². The highest BCUT2D eigenvalue weighted by Gasteiger charge is 2.23. The fourth-order valence-corrected chi connectivity index (χ4v) is 2.30. The van der Waals surface area contributed by atoms with Gasteiger partial charge in [-0.05, 0) is 32.1 Å². The van der Waals surface area contributed by atoms with Gasteiger partial charge in [-0.15, -0.1) is 0 Å². The van der Waals surface area contributed by atoms with Crippen molar-refractivity contribution in [3.8, 4) is 0 Å². The second kappa shape index (κ2) is 3.75. The maximum atomic E-state index is 11.1. The SMILES string of the molecule is CN(C1CC[CH]CC1)S(C)(=O)=O. The minimum absolute atomic E-state index is 0.227. The maximum Gasteiger partial charge on any atom is 0.211 e. The predicted octanol–water partition coefficient (Wildman–Crippen LogP) is 1.02. The molecular formula is C8H16NO2S. The van der Waals surface area contributed by atoms with Gasteiger partial charge in [-0.2, -0.15) is 0 Å². The van der Waals surface area contributed by atoms with Crippen LogP contribution >= 0.6 is 0 Å². The third-order valence-electron chi connectivity index (χ3n) is 2.45. The first-order chi connectivity index (χ1) is 5.52. The average Bonchev–Trinajstić information content (AvgIpc) is 2.03. The van der Waals surface area contributed by atoms with E-state index in [-0.39, 0.29) is 6.04 Å². The van der Waals surface area contributed by atoms with E-state index in [1.807, 2.05) is 0 Å². The summed E-state index contributed by atoms with van der Waals surface area (Å²) in [5, 5.41) is 0. The van der Waals surface area contributed by atoms with Crippen molar-refractivity contribution in [1.82, 2.24) is 4.31 Å². The molecule has 0 spiro atoms. The van der Waals surface area contributed by atoms with Crippen LogP contribution in [0.3, 0.4) is 0 Å². The van der Waals surface area contributed by atoms with Crippen molar-refractivity contribution in [2.45, 2.75) is 31.7 Å². The summed E-state index contributed by atoms with van der Waals surface area (Å²) in [7, 11) is -1.31. The summed E-state index contributed by atoms with van der Waals surface area (Å²) >= 11 is 0. The molecule has 1 rings (SSSR count). The van der Waals surface area contributed by atoms with Gasteiger partial charge in [0.1, 0.15) is 0 Å². The van der Waals surface area contributed by atoms with Gasteiger partial charge in [-0.25, -0.2) is 12.7 Å². The molecule has 1 aliphatic rings. The quantitative estimate of drug-likeness (QED) is 0.652. The van der Waals surface area contributed by atoms with E-state index in [0.717, 1.165) is 25.7 Å². The molecule has 0 unspecified atom stereocenters.